The van der Waals surface area contributed by atoms with E-state index >= 15 is 17.6 Å². The zero-order valence-electron chi connectivity index (χ0n) is 22.9. The zero-order chi connectivity index (χ0) is 29.9. The minimum atomic E-state index is -5.15. The molecule has 2 aromatic carbocycles. The Morgan fingerprint density at radius 2 is 1.15 bits per heavy atom. The van der Waals surface area contributed by atoms with E-state index in [0.717, 1.165) is 34.1 Å². The summed E-state index contributed by atoms with van der Waals surface area (Å²) in [5.41, 5.74) is -0.424. The predicted molar refractivity (Wildman–Crippen MR) is 152 cm³/mol. The van der Waals surface area contributed by atoms with Crippen LogP contribution in [0.15, 0.2) is 93.8 Å². The second kappa shape index (κ2) is 12.4. The molecule has 0 unspecified atom stereocenters. The van der Waals surface area contributed by atoms with Gasteiger partial charge in [-0.1, -0.05) is 0 Å². The van der Waals surface area contributed by atoms with E-state index in [-0.39, 0.29) is 37.3 Å². The van der Waals surface area contributed by atoms with Crippen molar-refractivity contribution >= 4 is 30.9 Å². The Labute approximate surface area is 240 Å². The molecule has 0 spiro atoms. The summed E-state index contributed by atoms with van der Waals surface area (Å²) in [5, 5.41) is 0. The molecule has 2 aliphatic rings. The first-order valence-corrected chi connectivity index (χ1v) is 16.2. The molecule has 41 heavy (non-hydrogen) atoms. The molecule has 0 saturated heterocycles. The molecule has 4 nitrogen and oxygen atoms in total. The van der Waals surface area contributed by atoms with E-state index in [2.05, 4.69) is 13.2 Å². The van der Waals surface area contributed by atoms with Crippen LogP contribution in [0, 0.1) is 23.3 Å². The van der Waals surface area contributed by atoms with Crippen molar-refractivity contribution in [2.75, 3.05) is 22.9 Å². The summed E-state index contributed by atoms with van der Waals surface area (Å²) in [5.74, 6) is -5.06. The van der Waals surface area contributed by atoms with Crippen molar-refractivity contribution in [1.82, 2.24) is 0 Å². The topological polar surface area (TPSA) is 40.6 Å². The molecule has 4 rings (SSSR count). The molecule has 0 atom stereocenters. The van der Waals surface area contributed by atoms with E-state index < -0.39 is 59.4 Å². The molecule has 0 heterocycles. The van der Waals surface area contributed by atoms with Crippen LogP contribution in [0.25, 0.3) is 0 Å². The van der Waals surface area contributed by atoms with Gasteiger partial charge in [-0.3, -0.25) is 0 Å². The summed E-state index contributed by atoms with van der Waals surface area (Å²) in [7, 11) is 0. The van der Waals surface area contributed by atoms with Gasteiger partial charge >= 0.3 is 241 Å². The van der Waals surface area contributed by atoms with Gasteiger partial charge in [-0.25, -0.2) is 0 Å². The van der Waals surface area contributed by atoms with Gasteiger partial charge in [-0.05, 0) is 0 Å². The Morgan fingerprint density at radius 3 is 1.44 bits per heavy atom. The van der Waals surface area contributed by atoms with Gasteiger partial charge in [0, 0.05) is 0 Å². The number of nitrogens with zero attached hydrogens (tertiary/aromatic N) is 2. The normalized spacial score (nSPS) is 14.1. The number of rotatable bonds is 10. The summed E-state index contributed by atoms with van der Waals surface area (Å²) in [6.07, 6.45) is 13.6. The Bertz CT molecular complexity index is 1440. The van der Waals surface area contributed by atoms with E-state index in [4.69, 9.17) is 0 Å². The zero-order valence-corrected chi connectivity index (χ0v) is 24.5. The van der Waals surface area contributed by atoms with Crippen LogP contribution in [0.1, 0.15) is 26.7 Å². The molecule has 2 aliphatic carbocycles. The van der Waals surface area contributed by atoms with Crippen LogP contribution >= 0.6 is 0 Å². The second-order valence-electron chi connectivity index (χ2n) is 9.75. The molecule has 0 aromatic heterocycles. The molecule has 0 saturated carbocycles. The van der Waals surface area contributed by atoms with Crippen LogP contribution in [0.3, 0.4) is 0 Å². The first kappa shape index (κ1) is 30.2. The Morgan fingerprint density at radius 1 is 0.756 bits per heavy atom. The molecule has 212 valence electrons. The molecule has 9 heteroatoms. The number of benzene rings is 2. The van der Waals surface area contributed by atoms with E-state index in [1.54, 1.807) is 36.5 Å². The standard InChI is InChI=1S/2C11H10F2NO.2C5H5.Ti/c2*1-3-6-14(8(2)15)11-5-4-9(12)7-10(11)13;2*1-2-4-5-3-1;/h2*3-5H,1,6H2,2H3;2*1-3H,4H2;. The number of amides is 2. The molecular formula is C32H30F4N2O2Ti. The van der Waals surface area contributed by atoms with Gasteiger partial charge in [0.25, 0.3) is 0 Å². The van der Waals surface area contributed by atoms with E-state index in [9.17, 15) is 9.59 Å². The molecule has 0 aliphatic heterocycles. The van der Waals surface area contributed by atoms with Crippen molar-refractivity contribution < 1.29 is 43.7 Å². The van der Waals surface area contributed by atoms with Crippen LogP contribution in [-0.2, 0) is 26.2 Å². The summed E-state index contributed by atoms with van der Waals surface area (Å²) < 4.78 is 66.3. The number of carbonyl (C=O) groups excluding carboxylic acids is 2. The van der Waals surface area contributed by atoms with Gasteiger partial charge in [-0.15, -0.1) is 0 Å². The molecule has 0 N–H and O–H groups in total. The third-order valence-electron chi connectivity index (χ3n) is 7.36. The fourth-order valence-corrected chi connectivity index (χ4v) is 13.9. The number of allylic oxidation sites excluding steroid dienone is 8. The van der Waals surface area contributed by atoms with E-state index in [1.807, 2.05) is 0 Å². The predicted octanol–water partition coefficient (Wildman–Crippen LogP) is 6.11. The first-order chi connectivity index (χ1) is 19.6. The third-order valence-corrected chi connectivity index (χ3v) is 15.3. The molecule has 0 radical (unpaired) electrons. The third kappa shape index (κ3) is 5.22. The van der Waals surface area contributed by atoms with Crippen LogP contribution in [0.5, 0.6) is 0 Å². The fourth-order valence-electron chi connectivity index (χ4n) is 5.66. The second-order valence-corrected chi connectivity index (χ2v) is 15.7. The average Bonchev–Trinajstić information content (AvgIpc) is 3.66. The molecule has 2 aromatic rings. The quantitative estimate of drug-likeness (QED) is 0.188. The van der Waals surface area contributed by atoms with Crippen molar-refractivity contribution in [3.63, 3.8) is 0 Å². The SMILES string of the molecule is C=CCN(C(C)=O)c1ccc(F)[c]([Ti]([C]2=CC=CC2)([C]2=CC=CC2)[c]2c(F)ccc(N(CC=C)C(C)=O)c2F)c1F. The van der Waals surface area contributed by atoms with E-state index in [0.29, 0.717) is 7.76 Å². The molecule has 0 bridgehead atoms. The fraction of sp³-hybridized carbons (Fsp3) is 0.188. The van der Waals surface area contributed by atoms with Crippen molar-refractivity contribution in [3.05, 3.63) is 117 Å². The molecular weight excluding hydrogens is 568 g/mol. The summed E-state index contributed by atoms with van der Waals surface area (Å²) in [4.78, 5) is 27.2. The van der Waals surface area contributed by atoms with Crippen LogP contribution in [0.2, 0.25) is 0 Å². The van der Waals surface area contributed by atoms with Crippen molar-refractivity contribution in [1.29, 1.82) is 0 Å². The van der Waals surface area contributed by atoms with Crippen LogP contribution in [-0.4, -0.2) is 24.9 Å². The number of anilines is 2. The summed E-state index contributed by atoms with van der Waals surface area (Å²) in [6, 6.07) is 4.38. The number of carbonyl (C=O) groups is 2. The van der Waals surface area contributed by atoms with Crippen molar-refractivity contribution in [2.45, 2.75) is 26.7 Å². The van der Waals surface area contributed by atoms with Crippen LogP contribution < -0.4 is 17.5 Å². The maximum absolute atomic E-state index is 16.9. The van der Waals surface area contributed by atoms with E-state index in [1.165, 1.54) is 26.0 Å². The van der Waals surface area contributed by atoms with Gasteiger partial charge in [0.2, 0.25) is 0 Å². The number of halogens is 4. The van der Waals surface area contributed by atoms with Gasteiger partial charge in [0.1, 0.15) is 0 Å². The van der Waals surface area contributed by atoms with Crippen molar-refractivity contribution in [3.8, 4) is 0 Å². The van der Waals surface area contributed by atoms with Gasteiger partial charge < -0.3 is 0 Å². The monoisotopic (exact) mass is 598 g/mol. The van der Waals surface area contributed by atoms with Crippen molar-refractivity contribution in [2.24, 2.45) is 0 Å². The molecule has 2 amide bonds. The summed E-state index contributed by atoms with van der Waals surface area (Å²) >= 11 is -5.15. The van der Waals surface area contributed by atoms with Gasteiger partial charge in [0.15, 0.2) is 0 Å². The maximum atomic E-state index is 16.9. The Kier molecular flexibility index (Phi) is 9.15. The number of hydrogen-bond acceptors (Lipinski definition) is 2. The number of hydrogen-bond donors (Lipinski definition) is 0. The average molecular weight is 598 g/mol. The Hall–Kier alpha value is -3.75. The Balaban J connectivity index is 2.20. The molecule has 0 fully saturated rings. The first-order valence-electron chi connectivity index (χ1n) is 13.1. The van der Waals surface area contributed by atoms with Gasteiger partial charge in [-0.2, -0.15) is 0 Å². The van der Waals surface area contributed by atoms with Crippen LogP contribution in [0.4, 0.5) is 28.9 Å². The summed E-state index contributed by atoms with van der Waals surface area (Å²) in [6.45, 7) is 9.63. The van der Waals surface area contributed by atoms with Gasteiger partial charge in [0.05, 0.1) is 0 Å². The minimum absolute atomic E-state index is 0.0564.